The first-order valence-corrected chi connectivity index (χ1v) is 10.2. The summed E-state index contributed by atoms with van der Waals surface area (Å²) in [6.07, 6.45) is 15.6. The highest BCUT2D eigenvalue weighted by molar-refractivity contribution is 5.76. The molecule has 0 aromatic carbocycles. The maximum Gasteiger partial charge on any atom is 0.222 e. The van der Waals surface area contributed by atoms with Crippen molar-refractivity contribution in [3.05, 3.63) is 0 Å². The van der Waals surface area contributed by atoms with Crippen molar-refractivity contribution in [2.75, 3.05) is 13.1 Å². The molecule has 1 rings (SSSR count). The van der Waals surface area contributed by atoms with E-state index in [4.69, 9.17) is 0 Å². The van der Waals surface area contributed by atoms with E-state index in [9.17, 15) is 9.90 Å². The SMILES string of the molecule is CC.CCCCCCCCCCCCCC(=O)N1CC[C@H](O)C1. The minimum atomic E-state index is -0.286. The second-order valence-corrected chi connectivity index (χ2v) is 6.57. The Morgan fingerprint density at radius 3 is 1.83 bits per heavy atom. The molecule has 1 N–H and O–H groups in total. The van der Waals surface area contributed by atoms with Gasteiger partial charge >= 0.3 is 0 Å². The number of carbonyl (C=O) groups excluding carboxylic acids is 1. The minimum Gasteiger partial charge on any atom is -0.391 e. The number of aliphatic hydroxyl groups excluding tert-OH is 1. The van der Waals surface area contributed by atoms with Crippen LogP contribution in [0.25, 0.3) is 0 Å². The molecule has 0 aromatic heterocycles. The molecule has 1 aliphatic heterocycles. The average Bonchev–Trinajstić information content (AvgIpc) is 3.01. The van der Waals surface area contributed by atoms with E-state index in [0.29, 0.717) is 13.0 Å². The molecule has 0 bridgehead atoms. The number of nitrogens with zero attached hydrogens (tertiary/aromatic N) is 1. The molecule has 3 heteroatoms. The van der Waals surface area contributed by atoms with Crippen molar-refractivity contribution < 1.29 is 9.90 Å². The van der Waals surface area contributed by atoms with E-state index in [1.165, 1.54) is 64.2 Å². The number of hydrogen-bond donors (Lipinski definition) is 1. The summed E-state index contributed by atoms with van der Waals surface area (Å²) in [5, 5.41) is 9.41. The standard InChI is InChI=1S/C18H35NO2.C2H6/c1-2-3-4-5-6-7-8-9-10-11-12-13-18(21)19-15-14-17(20)16-19;1-2/h17,20H,2-16H2,1H3;1-2H3/t17-;/m0./s1. The van der Waals surface area contributed by atoms with Crippen molar-refractivity contribution in [1.29, 1.82) is 0 Å². The van der Waals surface area contributed by atoms with Crippen LogP contribution in [0, 0.1) is 0 Å². The highest BCUT2D eigenvalue weighted by atomic mass is 16.3. The zero-order chi connectivity index (χ0) is 17.3. The van der Waals surface area contributed by atoms with Gasteiger partial charge in [0.05, 0.1) is 6.10 Å². The largest absolute Gasteiger partial charge is 0.391 e. The third-order valence-corrected chi connectivity index (χ3v) is 4.51. The number of carbonyl (C=O) groups is 1. The van der Waals surface area contributed by atoms with Gasteiger partial charge in [0.2, 0.25) is 5.91 Å². The average molecular weight is 328 g/mol. The Morgan fingerprint density at radius 2 is 1.39 bits per heavy atom. The lowest BCUT2D eigenvalue weighted by molar-refractivity contribution is -0.130. The molecule has 0 spiro atoms. The molecule has 138 valence electrons. The smallest absolute Gasteiger partial charge is 0.222 e. The van der Waals surface area contributed by atoms with Crippen molar-refractivity contribution in [2.24, 2.45) is 0 Å². The van der Waals surface area contributed by atoms with Crippen LogP contribution in [-0.4, -0.2) is 35.1 Å². The predicted octanol–water partition coefficient (Wildman–Crippen LogP) is 5.31. The molecule has 0 aliphatic carbocycles. The van der Waals surface area contributed by atoms with Crippen LogP contribution < -0.4 is 0 Å². The number of β-amino-alcohol motifs (C(OH)–C–C–N with tert-alkyl or cyclic N) is 1. The van der Waals surface area contributed by atoms with Gasteiger partial charge in [-0.2, -0.15) is 0 Å². The van der Waals surface area contributed by atoms with Gasteiger partial charge in [-0.25, -0.2) is 0 Å². The van der Waals surface area contributed by atoms with Gasteiger partial charge in [-0.15, -0.1) is 0 Å². The van der Waals surface area contributed by atoms with Crippen molar-refractivity contribution in [3.63, 3.8) is 0 Å². The first kappa shape index (κ1) is 22.4. The molecule has 3 nitrogen and oxygen atoms in total. The third kappa shape index (κ3) is 12.5. The van der Waals surface area contributed by atoms with Crippen LogP contribution in [0.4, 0.5) is 0 Å². The van der Waals surface area contributed by atoms with E-state index < -0.39 is 0 Å². The molecule has 1 fully saturated rings. The van der Waals surface area contributed by atoms with Crippen LogP contribution in [0.3, 0.4) is 0 Å². The van der Waals surface area contributed by atoms with E-state index in [-0.39, 0.29) is 12.0 Å². The van der Waals surface area contributed by atoms with Crippen molar-refractivity contribution in [2.45, 2.75) is 110 Å². The first-order valence-electron chi connectivity index (χ1n) is 10.2. The molecular weight excluding hydrogens is 286 g/mol. The van der Waals surface area contributed by atoms with Gasteiger partial charge in [0.15, 0.2) is 0 Å². The Balaban J connectivity index is 0.00000232. The molecular formula is C20H41NO2. The third-order valence-electron chi connectivity index (χ3n) is 4.51. The summed E-state index contributed by atoms with van der Waals surface area (Å²) < 4.78 is 0. The normalized spacial score (nSPS) is 17.0. The van der Waals surface area contributed by atoms with Crippen molar-refractivity contribution >= 4 is 5.91 Å². The zero-order valence-corrected chi connectivity index (χ0v) is 16.0. The molecule has 23 heavy (non-hydrogen) atoms. The van der Waals surface area contributed by atoms with Gasteiger partial charge in [-0.3, -0.25) is 4.79 Å². The summed E-state index contributed by atoms with van der Waals surface area (Å²) in [7, 11) is 0. The van der Waals surface area contributed by atoms with Crippen LogP contribution in [0.15, 0.2) is 0 Å². The van der Waals surface area contributed by atoms with Crippen molar-refractivity contribution in [1.82, 2.24) is 4.90 Å². The second-order valence-electron chi connectivity index (χ2n) is 6.57. The number of unbranched alkanes of at least 4 members (excludes halogenated alkanes) is 10. The highest BCUT2D eigenvalue weighted by Crippen LogP contribution is 2.14. The monoisotopic (exact) mass is 327 g/mol. The summed E-state index contributed by atoms with van der Waals surface area (Å²) >= 11 is 0. The van der Waals surface area contributed by atoms with E-state index in [1.54, 1.807) is 0 Å². The first-order chi connectivity index (χ1) is 11.2. The minimum absolute atomic E-state index is 0.238. The van der Waals surface area contributed by atoms with Gasteiger partial charge < -0.3 is 10.0 Å². The number of hydrogen-bond acceptors (Lipinski definition) is 2. The number of likely N-dealkylation sites (tertiary alicyclic amines) is 1. The summed E-state index contributed by atoms with van der Waals surface area (Å²) in [6.45, 7) is 7.56. The maximum absolute atomic E-state index is 11.9. The molecule has 0 aromatic rings. The van der Waals surface area contributed by atoms with Gasteiger partial charge in [0.25, 0.3) is 0 Å². The van der Waals surface area contributed by atoms with E-state index in [0.717, 1.165) is 19.4 Å². The van der Waals surface area contributed by atoms with Crippen molar-refractivity contribution in [3.8, 4) is 0 Å². The van der Waals surface area contributed by atoms with Crippen LogP contribution in [-0.2, 0) is 4.79 Å². The van der Waals surface area contributed by atoms with Crippen LogP contribution >= 0.6 is 0 Å². The fraction of sp³-hybridized carbons (Fsp3) is 0.950. The van der Waals surface area contributed by atoms with E-state index in [2.05, 4.69) is 6.92 Å². The fourth-order valence-corrected chi connectivity index (χ4v) is 3.07. The fourth-order valence-electron chi connectivity index (χ4n) is 3.07. The van der Waals surface area contributed by atoms with Gasteiger partial charge in [-0.1, -0.05) is 85.0 Å². The summed E-state index contributed by atoms with van der Waals surface area (Å²) in [4.78, 5) is 13.7. The lowest BCUT2D eigenvalue weighted by Gasteiger charge is -2.15. The lowest BCUT2D eigenvalue weighted by atomic mass is 10.1. The molecule has 0 unspecified atom stereocenters. The summed E-state index contributed by atoms with van der Waals surface area (Å²) in [6, 6.07) is 0. The Bertz CT molecular complexity index is 268. The Kier molecular flexibility index (Phi) is 15.9. The number of rotatable bonds is 12. The van der Waals surface area contributed by atoms with E-state index >= 15 is 0 Å². The lowest BCUT2D eigenvalue weighted by Crippen LogP contribution is -2.29. The summed E-state index contributed by atoms with van der Waals surface area (Å²) in [5.41, 5.74) is 0. The number of aliphatic hydroxyl groups is 1. The number of amides is 1. The maximum atomic E-state index is 11.9. The highest BCUT2D eigenvalue weighted by Gasteiger charge is 2.23. The van der Waals surface area contributed by atoms with Crippen LogP contribution in [0.5, 0.6) is 0 Å². The van der Waals surface area contributed by atoms with Gasteiger partial charge in [0, 0.05) is 19.5 Å². The Hall–Kier alpha value is -0.570. The molecule has 1 amide bonds. The Labute approximate surface area is 144 Å². The Morgan fingerprint density at radius 1 is 0.913 bits per heavy atom. The van der Waals surface area contributed by atoms with Crippen LogP contribution in [0.2, 0.25) is 0 Å². The zero-order valence-electron chi connectivity index (χ0n) is 16.0. The van der Waals surface area contributed by atoms with Gasteiger partial charge in [0.1, 0.15) is 0 Å². The van der Waals surface area contributed by atoms with Crippen LogP contribution in [0.1, 0.15) is 104 Å². The van der Waals surface area contributed by atoms with E-state index in [1.807, 2.05) is 18.7 Å². The molecule has 1 aliphatic rings. The topological polar surface area (TPSA) is 40.5 Å². The molecule has 0 radical (unpaired) electrons. The molecule has 1 atom stereocenters. The molecule has 0 saturated carbocycles. The second kappa shape index (κ2) is 16.3. The summed E-state index contributed by atoms with van der Waals surface area (Å²) in [5.74, 6) is 0.238. The predicted molar refractivity (Wildman–Crippen MR) is 99.6 cm³/mol. The molecule has 1 saturated heterocycles. The quantitative estimate of drug-likeness (QED) is 0.494. The molecule has 1 heterocycles. The van der Waals surface area contributed by atoms with Gasteiger partial charge in [-0.05, 0) is 12.8 Å².